The molecule has 46 heavy (non-hydrogen) atoms. The SMILES string of the molecule is CCC1CCN(N2CCN(C(=O)C3(NS(=O)(=O)c4ccc(Cl)c(COc5cccc6ccc(C)nc56)c4Cl)CCCC3)CC2)CC1. The van der Waals surface area contributed by atoms with E-state index in [9.17, 15) is 13.2 Å². The number of fused-ring (bicyclic) bond motifs is 1. The third-order valence-corrected chi connectivity index (χ3v) is 12.4. The van der Waals surface area contributed by atoms with Crippen LogP contribution in [0.5, 0.6) is 5.75 Å². The molecule has 1 N–H and O–H groups in total. The molecule has 6 rings (SSSR count). The lowest BCUT2D eigenvalue weighted by molar-refractivity contribution is -0.144. The normalized spacial score (nSPS) is 20.0. The van der Waals surface area contributed by atoms with Gasteiger partial charge in [0.1, 0.15) is 28.3 Å². The fraction of sp³-hybridized carbons (Fsp3) is 0.529. The molecule has 3 heterocycles. The quantitative estimate of drug-likeness (QED) is 0.286. The van der Waals surface area contributed by atoms with E-state index in [-0.39, 0.29) is 27.5 Å². The number of piperazine rings is 1. The number of amides is 1. The van der Waals surface area contributed by atoms with Crippen molar-refractivity contribution in [2.24, 2.45) is 5.92 Å². The predicted octanol–water partition coefficient (Wildman–Crippen LogP) is 6.20. The lowest BCUT2D eigenvalue weighted by Crippen LogP contribution is -2.63. The summed E-state index contributed by atoms with van der Waals surface area (Å²) in [6.07, 6.45) is 6.09. The lowest BCUT2D eigenvalue weighted by atomic mass is 9.95. The first-order chi connectivity index (χ1) is 22.1. The molecule has 0 radical (unpaired) electrons. The van der Waals surface area contributed by atoms with Crippen molar-refractivity contribution in [1.29, 1.82) is 0 Å². The zero-order valence-corrected chi connectivity index (χ0v) is 28.9. The Labute approximate surface area is 282 Å². The third kappa shape index (κ3) is 6.89. The summed E-state index contributed by atoms with van der Waals surface area (Å²) in [4.78, 5) is 20.4. The second-order valence-electron chi connectivity index (χ2n) is 12.9. The Balaban J connectivity index is 1.16. The van der Waals surface area contributed by atoms with Crippen molar-refractivity contribution in [3.63, 3.8) is 0 Å². The molecular formula is C34H43Cl2N5O4S. The number of pyridine rings is 1. The van der Waals surface area contributed by atoms with E-state index in [0.29, 0.717) is 42.8 Å². The van der Waals surface area contributed by atoms with Gasteiger partial charge < -0.3 is 9.64 Å². The molecule has 2 saturated heterocycles. The highest BCUT2D eigenvalue weighted by Gasteiger charge is 2.47. The van der Waals surface area contributed by atoms with Crippen LogP contribution in [0, 0.1) is 12.8 Å². The minimum Gasteiger partial charge on any atom is -0.487 e. The van der Waals surface area contributed by atoms with Gasteiger partial charge in [0.2, 0.25) is 15.9 Å². The summed E-state index contributed by atoms with van der Waals surface area (Å²) in [5.41, 5.74) is 0.695. The van der Waals surface area contributed by atoms with E-state index in [4.69, 9.17) is 27.9 Å². The van der Waals surface area contributed by atoms with Crippen LogP contribution in [0.1, 0.15) is 63.1 Å². The number of benzene rings is 2. The van der Waals surface area contributed by atoms with Crippen LogP contribution >= 0.6 is 23.2 Å². The molecule has 0 unspecified atom stereocenters. The van der Waals surface area contributed by atoms with Crippen molar-refractivity contribution in [2.45, 2.75) is 75.8 Å². The van der Waals surface area contributed by atoms with Crippen LogP contribution in [0.3, 0.4) is 0 Å². The Bertz CT molecular complexity index is 1680. The van der Waals surface area contributed by atoms with Gasteiger partial charge in [0.25, 0.3) is 0 Å². The Morgan fingerprint density at radius 2 is 1.67 bits per heavy atom. The van der Waals surface area contributed by atoms with E-state index in [1.165, 1.54) is 31.4 Å². The molecular weight excluding hydrogens is 645 g/mol. The number of hydrogen-bond donors (Lipinski definition) is 1. The van der Waals surface area contributed by atoms with Crippen LogP contribution in [0.15, 0.2) is 47.4 Å². The van der Waals surface area contributed by atoms with Gasteiger partial charge in [-0.1, -0.05) is 67.6 Å². The van der Waals surface area contributed by atoms with Gasteiger partial charge in [0, 0.05) is 60.9 Å². The fourth-order valence-electron chi connectivity index (χ4n) is 7.15. The van der Waals surface area contributed by atoms with E-state index in [2.05, 4.69) is 26.6 Å². The van der Waals surface area contributed by atoms with E-state index < -0.39 is 15.6 Å². The lowest BCUT2D eigenvalue weighted by Gasteiger charge is -2.45. The summed E-state index contributed by atoms with van der Waals surface area (Å²) in [5, 5.41) is 5.99. The number of hydrogen-bond acceptors (Lipinski definition) is 7. The van der Waals surface area contributed by atoms with Crippen molar-refractivity contribution in [3.05, 3.63) is 63.8 Å². The largest absolute Gasteiger partial charge is 0.487 e. The maximum Gasteiger partial charge on any atom is 0.243 e. The smallest absolute Gasteiger partial charge is 0.243 e. The van der Waals surface area contributed by atoms with E-state index in [0.717, 1.165) is 56.0 Å². The number of ether oxygens (including phenoxy) is 1. The molecule has 0 bridgehead atoms. The monoisotopic (exact) mass is 687 g/mol. The molecule has 248 valence electrons. The van der Waals surface area contributed by atoms with Gasteiger partial charge in [0.15, 0.2) is 0 Å². The molecule has 1 aliphatic carbocycles. The molecule has 2 aromatic carbocycles. The first-order valence-electron chi connectivity index (χ1n) is 16.4. The van der Waals surface area contributed by atoms with Crippen molar-refractivity contribution in [2.75, 3.05) is 39.3 Å². The van der Waals surface area contributed by atoms with Gasteiger partial charge >= 0.3 is 0 Å². The molecule has 1 saturated carbocycles. The van der Waals surface area contributed by atoms with Crippen molar-refractivity contribution in [3.8, 4) is 5.75 Å². The van der Waals surface area contributed by atoms with Gasteiger partial charge in [-0.25, -0.2) is 23.4 Å². The molecule has 0 atom stereocenters. The zero-order valence-electron chi connectivity index (χ0n) is 26.6. The number of carbonyl (C=O) groups excluding carboxylic acids is 1. The highest BCUT2D eigenvalue weighted by Crippen LogP contribution is 2.37. The summed E-state index contributed by atoms with van der Waals surface area (Å²) >= 11 is 13.3. The van der Waals surface area contributed by atoms with Crippen LogP contribution in [0.2, 0.25) is 10.0 Å². The molecule has 1 amide bonds. The standard InChI is InChI=1S/C34H43Cl2N5O4S/c1-3-25-13-17-40(18-14-25)41-21-19-39(20-22-41)33(42)34(15-4-5-16-34)38-46(43,44)30-12-11-28(35)27(31(30)36)23-45-29-8-6-7-26-10-9-24(2)37-32(26)29/h6-12,25,38H,3-5,13-23H2,1-2H3. The van der Waals surface area contributed by atoms with E-state index >= 15 is 0 Å². The molecule has 3 aliphatic rings. The highest BCUT2D eigenvalue weighted by atomic mass is 35.5. The number of aromatic nitrogens is 1. The number of para-hydroxylation sites is 1. The van der Waals surface area contributed by atoms with Crippen molar-refractivity contribution < 1.29 is 17.9 Å². The summed E-state index contributed by atoms with van der Waals surface area (Å²) < 4.78 is 36.9. The molecule has 12 heteroatoms. The van der Waals surface area contributed by atoms with Gasteiger partial charge in [0.05, 0.1) is 5.02 Å². The summed E-state index contributed by atoms with van der Waals surface area (Å²) in [6, 6.07) is 12.4. The number of halogens is 2. The first kappa shape index (κ1) is 33.4. The molecule has 0 spiro atoms. The number of carbonyl (C=O) groups is 1. The molecule has 9 nitrogen and oxygen atoms in total. The Morgan fingerprint density at radius 1 is 0.978 bits per heavy atom. The van der Waals surface area contributed by atoms with E-state index in [1.54, 1.807) is 0 Å². The third-order valence-electron chi connectivity index (χ3n) is 9.94. The maximum atomic E-state index is 14.1. The number of rotatable bonds is 9. The Morgan fingerprint density at radius 3 is 2.37 bits per heavy atom. The second kappa shape index (κ2) is 13.9. The molecule has 1 aromatic heterocycles. The average Bonchev–Trinajstić information content (AvgIpc) is 3.53. The minimum absolute atomic E-state index is 0.0227. The number of nitrogens with one attached hydrogen (secondary N) is 1. The molecule has 3 fully saturated rings. The van der Waals surface area contributed by atoms with Crippen LogP contribution in [-0.2, 0) is 21.4 Å². The van der Waals surface area contributed by atoms with Crippen LogP contribution in [-0.4, -0.2) is 79.0 Å². The number of sulfonamides is 1. The summed E-state index contributed by atoms with van der Waals surface area (Å²) in [6.45, 7) is 8.88. The summed E-state index contributed by atoms with van der Waals surface area (Å²) in [7, 11) is -4.19. The van der Waals surface area contributed by atoms with Gasteiger partial charge in [-0.05, 0) is 62.8 Å². The minimum atomic E-state index is -4.19. The average molecular weight is 689 g/mol. The molecule has 2 aliphatic heterocycles. The van der Waals surface area contributed by atoms with Crippen LogP contribution in [0.25, 0.3) is 10.9 Å². The van der Waals surface area contributed by atoms with Gasteiger partial charge in [-0.2, -0.15) is 4.72 Å². The molecule has 3 aromatic rings. The topological polar surface area (TPSA) is 95.1 Å². The number of piperidine rings is 1. The first-order valence-corrected chi connectivity index (χ1v) is 18.6. The Kier molecular flexibility index (Phi) is 10.1. The van der Waals surface area contributed by atoms with Gasteiger partial charge in [-0.15, -0.1) is 0 Å². The van der Waals surface area contributed by atoms with Gasteiger partial charge in [-0.3, -0.25) is 4.79 Å². The number of hydrazine groups is 1. The van der Waals surface area contributed by atoms with Crippen LogP contribution in [0.4, 0.5) is 0 Å². The zero-order chi connectivity index (χ0) is 32.5. The fourth-order valence-corrected chi connectivity index (χ4v) is 9.45. The Hall–Kier alpha value is -2.47. The van der Waals surface area contributed by atoms with E-state index in [1.807, 2.05) is 42.2 Å². The number of nitrogens with zero attached hydrogens (tertiary/aromatic N) is 4. The summed E-state index contributed by atoms with van der Waals surface area (Å²) in [5.74, 6) is 1.20. The highest BCUT2D eigenvalue weighted by molar-refractivity contribution is 7.89. The van der Waals surface area contributed by atoms with Crippen molar-refractivity contribution >= 4 is 50.0 Å². The second-order valence-corrected chi connectivity index (χ2v) is 15.3. The predicted molar refractivity (Wildman–Crippen MR) is 182 cm³/mol. The number of aryl methyl sites for hydroxylation is 1. The maximum absolute atomic E-state index is 14.1. The van der Waals surface area contributed by atoms with Crippen molar-refractivity contribution in [1.82, 2.24) is 24.6 Å². The van der Waals surface area contributed by atoms with Crippen LogP contribution < -0.4 is 9.46 Å².